The summed E-state index contributed by atoms with van der Waals surface area (Å²) in [5.41, 5.74) is 1.95. The Bertz CT molecular complexity index is 286. The monoisotopic (exact) mass is 244 g/mol. The predicted octanol–water partition coefficient (Wildman–Crippen LogP) is 2.43. The molecule has 3 heteroatoms. The van der Waals surface area contributed by atoms with E-state index in [-0.39, 0.29) is 0 Å². The van der Waals surface area contributed by atoms with Crippen LogP contribution in [0.15, 0.2) is 18.2 Å². The lowest BCUT2D eigenvalue weighted by atomic mass is 10.1. The van der Waals surface area contributed by atoms with E-state index in [1.54, 1.807) is 7.11 Å². The zero-order valence-corrected chi connectivity index (χ0v) is 9.34. The van der Waals surface area contributed by atoms with Gasteiger partial charge in [0.15, 0.2) is 0 Å². The Kier molecular flexibility index (Phi) is 3.75. The summed E-state index contributed by atoms with van der Waals surface area (Å²) in [6.07, 6.45) is -0.463. The minimum absolute atomic E-state index is 0.463. The Morgan fingerprint density at radius 2 is 2.23 bits per heavy atom. The highest BCUT2D eigenvalue weighted by molar-refractivity contribution is 9.09. The Balaban J connectivity index is 2.99. The van der Waals surface area contributed by atoms with E-state index in [4.69, 9.17) is 4.74 Å². The number of aryl methyl sites for hydroxylation is 1. The van der Waals surface area contributed by atoms with Gasteiger partial charge in [0.25, 0.3) is 0 Å². The van der Waals surface area contributed by atoms with E-state index in [2.05, 4.69) is 15.9 Å². The number of methoxy groups -OCH3 is 1. The Hall–Kier alpha value is -0.540. The Labute approximate surface area is 86.7 Å². The van der Waals surface area contributed by atoms with Crippen molar-refractivity contribution in [3.8, 4) is 5.75 Å². The second-order valence-electron chi connectivity index (χ2n) is 2.90. The average Bonchev–Trinajstić information content (AvgIpc) is 2.17. The number of aliphatic hydroxyl groups is 1. The summed E-state index contributed by atoms with van der Waals surface area (Å²) in [6.45, 7) is 1.98. The lowest BCUT2D eigenvalue weighted by Crippen LogP contribution is -1.99. The lowest BCUT2D eigenvalue weighted by Gasteiger charge is -2.10. The molecule has 0 radical (unpaired) electrons. The molecular formula is C10H13BrO2. The van der Waals surface area contributed by atoms with Crippen molar-refractivity contribution >= 4 is 15.9 Å². The first kappa shape index (κ1) is 10.5. The maximum Gasteiger partial charge on any atom is 0.122 e. The minimum atomic E-state index is -0.463. The first-order chi connectivity index (χ1) is 6.19. The van der Waals surface area contributed by atoms with Gasteiger partial charge in [0.1, 0.15) is 5.75 Å². The molecule has 0 heterocycles. The topological polar surface area (TPSA) is 29.5 Å². The second-order valence-corrected chi connectivity index (χ2v) is 3.55. The van der Waals surface area contributed by atoms with E-state index >= 15 is 0 Å². The molecule has 1 atom stereocenters. The van der Waals surface area contributed by atoms with Crippen molar-refractivity contribution < 1.29 is 9.84 Å². The van der Waals surface area contributed by atoms with Gasteiger partial charge < -0.3 is 9.84 Å². The van der Waals surface area contributed by atoms with Gasteiger partial charge in [-0.25, -0.2) is 0 Å². The molecule has 1 N–H and O–H groups in total. The summed E-state index contributed by atoms with van der Waals surface area (Å²) >= 11 is 3.23. The number of halogens is 1. The van der Waals surface area contributed by atoms with Gasteiger partial charge in [-0.1, -0.05) is 28.1 Å². The first-order valence-corrected chi connectivity index (χ1v) is 5.19. The van der Waals surface area contributed by atoms with Crippen LogP contribution in [0.1, 0.15) is 17.2 Å². The van der Waals surface area contributed by atoms with Gasteiger partial charge in [-0.3, -0.25) is 0 Å². The average molecular weight is 245 g/mol. The molecule has 0 saturated heterocycles. The number of aliphatic hydroxyl groups excluding tert-OH is 1. The Morgan fingerprint density at radius 3 is 2.77 bits per heavy atom. The summed E-state index contributed by atoms with van der Waals surface area (Å²) in [6, 6.07) is 5.71. The fourth-order valence-corrected chi connectivity index (χ4v) is 1.51. The van der Waals surface area contributed by atoms with E-state index in [1.807, 2.05) is 25.1 Å². The summed E-state index contributed by atoms with van der Waals surface area (Å²) in [5, 5.41) is 10.1. The van der Waals surface area contributed by atoms with Gasteiger partial charge in [0, 0.05) is 5.33 Å². The highest BCUT2D eigenvalue weighted by Gasteiger charge is 2.07. The number of ether oxygens (including phenoxy) is 1. The maximum atomic E-state index is 9.54. The summed E-state index contributed by atoms with van der Waals surface area (Å²) in [5.74, 6) is 0.817. The number of rotatable bonds is 3. The van der Waals surface area contributed by atoms with Crippen LogP contribution in [0.4, 0.5) is 0 Å². The van der Waals surface area contributed by atoms with Gasteiger partial charge in [0.2, 0.25) is 0 Å². The van der Waals surface area contributed by atoms with Gasteiger partial charge in [-0.05, 0) is 24.1 Å². The van der Waals surface area contributed by atoms with Crippen molar-refractivity contribution in [3.05, 3.63) is 29.3 Å². The molecule has 1 aromatic carbocycles. The van der Waals surface area contributed by atoms with Gasteiger partial charge >= 0.3 is 0 Å². The van der Waals surface area contributed by atoms with Crippen LogP contribution >= 0.6 is 15.9 Å². The highest BCUT2D eigenvalue weighted by Crippen LogP contribution is 2.23. The molecule has 0 aliphatic rings. The van der Waals surface area contributed by atoms with Crippen LogP contribution in [0.3, 0.4) is 0 Å². The molecule has 2 nitrogen and oxygen atoms in total. The molecule has 1 rings (SSSR count). The van der Waals surface area contributed by atoms with Gasteiger partial charge in [-0.15, -0.1) is 0 Å². The number of alkyl halides is 1. The lowest BCUT2D eigenvalue weighted by molar-refractivity contribution is 0.205. The molecule has 1 aromatic rings. The normalized spacial score (nSPS) is 12.6. The van der Waals surface area contributed by atoms with Crippen LogP contribution < -0.4 is 4.74 Å². The molecule has 0 fully saturated rings. The smallest absolute Gasteiger partial charge is 0.122 e. The third kappa shape index (κ3) is 2.45. The van der Waals surface area contributed by atoms with Crippen LogP contribution in [0.25, 0.3) is 0 Å². The molecule has 1 unspecified atom stereocenters. The Morgan fingerprint density at radius 1 is 1.54 bits per heavy atom. The molecule has 72 valence electrons. The zero-order valence-electron chi connectivity index (χ0n) is 7.75. The third-order valence-corrected chi connectivity index (χ3v) is 2.58. The number of hydrogen-bond acceptors (Lipinski definition) is 2. The van der Waals surface area contributed by atoms with Crippen molar-refractivity contribution in [1.29, 1.82) is 0 Å². The van der Waals surface area contributed by atoms with Crippen LogP contribution in [-0.2, 0) is 0 Å². The van der Waals surface area contributed by atoms with Crippen molar-refractivity contribution in [2.75, 3.05) is 12.4 Å². The van der Waals surface area contributed by atoms with Crippen LogP contribution in [-0.4, -0.2) is 17.5 Å². The largest absolute Gasteiger partial charge is 0.496 e. The molecule has 0 bridgehead atoms. The second kappa shape index (κ2) is 4.63. The SMILES string of the molecule is COc1cc(C(O)CBr)ccc1C. The highest BCUT2D eigenvalue weighted by atomic mass is 79.9. The van der Waals surface area contributed by atoms with Crippen molar-refractivity contribution in [2.45, 2.75) is 13.0 Å². The predicted molar refractivity (Wildman–Crippen MR) is 56.5 cm³/mol. The standard InChI is InChI=1S/C10H13BrO2/c1-7-3-4-8(9(12)6-11)5-10(7)13-2/h3-5,9,12H,6H2,1-2H3. The minimum Gasteiger partial charge on any atom is -0.496 e. The number of benzene rings is 1. The molecule has 13 heavy (non-hydrogen) atoms. The van der Waals surface area contributed by atoms with Crippen molar-refractivity contribution in [3.63, 3.8) is 0 Å². The summed E-state index contributed by atoms with van der Waals surface area (Å²) in [7, 11) is 1.63. The molecule has 0 aliphatic carbocycles. The maximum absolute atomic E-state index is 9.54. The first-order valence-electron chi connectivity index (χ1n) is 4.07. The summed E-state index contributed by atoms with van der Waals surface area (Å²) in [4.78, 5) is 0. The molecule has 0 spiro atoms. The fourth-order valence-electron chi connectivity index (χ4n) is 1.13. The van der Waals surface area contributed by atoms with Crippen molar-refractivity contribution in [2.24, 2.45) is 0 Å². The zero-order chi connectivity index (χ0) is 9.84. The van der Waals surface area contributed by atoms with Crippen molar-refractivity contribution in [1.82, 2.24) is 0 Å². The van der Waals surface area contributed by atoms with E-state index < -0.39 is 6.10 Å². The molecule has 0 amide bonds. The summed E-state index contributed by atoms with van der Waals surface area (Å²) < 4.78 is 5.15. The quantitative estimate of drug-likeness (QED) is 0.828. The molecule has 0 aromatic heterocycles. The van der Waals surface area contributed by atoms with E-state index in [9.17, 15) is 5.11 Å². The number of hydrogen-bond donors (Lipinski definition) is 1. The van der Waals surface area contributed by atoms with E-state index in [0.29, 0.717) is 5.33 Å². The van der Waals surface area contributed by atoms with Crippen LogP contribution in [0, 0.1) is 6.92 Å². The van der Waals surface area contributed by atoms with Crippen LogP contribution in [0.5, 0.6) is 5.75 Å². The van der Waals surface area contributed by atoms with Gasteiger partial charge in [-0.2, -0.15) is 0 Å². The van der Waals surface area contributed by atoms with E-state index in [0.717, 1.165) is 16.9 Å². The molecular weight excluding hydrogens is 232 g/mol. The van der Waals surface area contributed by atoms with E-state index in [1.165, 1.54) is 0 Å². The fraction of sp³-hybridized carbons (Fsp3) is 0.400. The van der Waals surface area contributed by atoms with Crippen LogP contribution in [0.2, 0.25) is 0 Å². The molecule has 0 aliphatic heterocycles. The van der Waals surface area contributed by atoms with Gasteiger partial charge in [0.05, 0.1) is 13.2 Å². The molecule has 0 saturated carbocycles. The third-order valence-electron chi connectivity index (χ3n) is 1.96.